The van der Waals surface area contributed by atoms with Crippen LogP contribution in [0.15, 0.2) is 28.8 Å². The van der Waals surface area contributed by atoms with Crippen LogP contribution in [0.5, 0.6) is 0 Å². The van der Waals surface area contributed by atoms with Crippen LogP contribution >= 0.6 is 11.8 Å². The molecule has 1 aliphatic rings. The van der Waals surface area contributed by atoms with E-state index in [4.69, 9.17) is 9.63 Å². The number of likely N-dealkylation sites (tertiary alicyclic amines) is 1. The quantitative estimate of drug-likeness (QED) is 0.860. The predicted molar refractivity (Wildman–Crippen MR) is 92.2 cm³/mol. The standard InChI is InChI=1S/C17H21N3O3S/c1-24-11-15-18-16(23-19-15)10-20-8-2-3-14(9-20)12-4-6-13(7-5-12)17(21)22/h4-7,14H,2-3,8-11H2,1H3,(H,21,22)/t14-/m1/s1. The molecule has 1 aromatic heterocycles. The minimum absolute atomic E-state index is 0.332. The molecule has 128 valence electrons. The van der Waals surface area contributed by atoms with E-state index in [1.807, 2.05) is 18.4 Å². The topological polar surface area (TPSA) is 79.5 Å². The van der Waals surface area contributed by atoms with Gasteiger partial charge in [-0.1, -0.05) is 17.3 Å². The molecule has 1 atom stereocenters. The lowest BCUT2D eigenvalue weighted by atomic mass is 9.90. The van der Waals surface area contributed by atoms with Gasteiger partial charge in [0.15, 0.2) is 5.82 Å². The molecule has 0 aliphatic carbocycles. The van der Waals surface area contributed by atoms with E-state index in [9.17, 15) is 4.79 Å². The molecule has 0 saturated carbocycles. The van der Waals surface area contributed by atoms with Crippen LogP contribution < -0.4 is 0 Å². The monoisotopic (exact) mass is 347 g/mol. The van der Waals surface area contributed by atoms with Gasteiger partial charge in [0, 0.05) is 6.54 Å². The molecule has 1 aliphatic heterocycles. The molecule has 6 nitrogen and oxygen atoms in total. The zero-order chi connectivity index (χ0) is 16.9. The minimum atomic E-state index is -0.885. The van der Waals surface area contributed by atoms with Crippen LogP contribution in [0.25, 0.3) is 0 Å². The smallest absolute Gasteiger partial charge is 0.335 e. The Bertz CT molecular complexity index is 687. The number of piperidine rings is 1. The third kappa shape index (κ3) is 4.15. The molecule has 1 aromatic carbocycles. The van der Waals surface area contributed by atoms with Crippen molar-refractivity contribution in [2.45, 2.75) is 31.1 Å². The summed E-state index contributed by atoms with van der Waals surface area (Å²) >= 11 is 1.67. The highest BCUT2D eigenvalue weighted by molar-refractivity contribution is 7.97. The summed E-state index contributed by atoms with van der Waals surface area (Å²) in [7, 11) is 0. The average molecular weight is 347 g/mol. The molecule has 2 heterocycles. The third-order valence-corrected chi connectivity index (χ3v) is 4.82. The molecular weight excluding hydrogens is 326 g/mol. The van der Waals surface area contributed by atoms with Crippen molar-refractivity contribution in [3.05, 3.63) is 47.1 Å². The molecule has 1 saturated heterocycles. The Morgan fingerprint density at radius 2 is 2.21 bits per heavy atom. The number of carbonyl (C=O) groups is 1. The summed E-state index contributed by atoms with van der Waals surface area (Å²) in [6.07, 6.45) is 4.24. The van der Waals surface area contributed by atoms with Crippen LogP contribution in [0.1, 0.15) is 46.4 Å². The van der Waals surface area contributed by atoms with Crippen LogP contribution in [0.2, 0.25) is 0 Å². The van der Waals surface area contributed by atoms with E-state index in [1.54, 1.807) is 23.9 Å². The average Bonchev–Trinajstić information content (AvgIpc) is 3.02. The van der Waals surface area contributed by atoms with Crippen molar-refractivity contribution in [2.75, 3.05) is 19.3 Å². The van der Waals surface area contributed by atoms with E-state index >= 15 is 0 Å². The number of hydrogen-bond donors (Lipinski definition) is 1. The number of rotatable bonds is 6. The lowest BCUT2D eigenvalue weighted by Gasteiger charge is -2.32. The number of hydrogen-bond acceptors (Lipinski definition) is 6. The Morgan fingerprint density at radius 1 is 1.42 bits per heavy atom. The second kappa shape index (κ2) is 7.81. The van der Waals surface area contributed by atoms with Crippen LogP contribution in [-0.4, -0.2) is 45.5 Å². The maximum absolute atomic E-state index is 11.0. The molecule has 1 fully saturated rings. The van der Waals surface area contributed by atoms with Crippen molar-refractivity contribution < 1.29 is 14.4 Å². The fourth-order valence-corrected chi connectivity index (χ4v) is 3.48. The van der Waals surface area contributed by atoms with Crippen LogP contribution in [0.3, 0.4) is 0 Å². The maximum atomic E-state index is 11.0. The normalized spacial score (nSPS) is 18.6. The number of aromatic carboxylic acids is 1. The lowest BCUT2D eigenvalue weighted by Crippen LogP contribution is -2.34. The first kappa shape index (κ1) is 17.0. The SMILES string of the molecule is CSCc1noc(CN2CCC[C@@H](c3ccc(C(=O)O)cc3)C2)n1. The Kier molecular flexibility index (Phi) is 5.52. The van der Waals surface area contributed by atoms with Gasteiger partial charge in [-0.25, -0.2) is 4.79 Å². The summed E-state index contributed by atoms with van der Waals surface area (Å²) in [4.78, 5) is 17.7. The van der Waals surface area contributed by atoms with Gasteiger partial charge in [0.05, 0.1) is 17.9 Å². The molecular formula is C17H21N3O3S. The summed E-state index contributed by atoms with van der Waals surface area (Å²) in [6.45, 7) is 2.61. The second-order valence-corrected chi connectivity index (χ2v) is 6.90. The highest BCUT2D eigenvalue weighted by Gasteiger charge is 2.23. The zero-order valence-corrected chi connectivity index (χ0v) is 14.5. The molecule has 24 heavy (non-hydrogen) atoms. The fourth-order valence-electron chi connectivity index (χ4n) is 3.10. The summed E-state index contributed by atoms with van der Waals surface area (Å²) in [5, 5.41) is 13.0. The van der Waals surface area contributed by atoms with Gasteiger partial charge in [0.2, 0.25) is 5.89 Å². The number of thioether (sulfide) groups is 1. The largest absolute Gasteiger partial charge is 0.478 e. The van der Waals surface area contributed by atoms with E-state index < -0.39 is 5.97 Å². The van der Waals surface area contributed by atoms with E-state index in [0.717, 1.165) is 37.5 Å². The lowest BCUT2D eigenvalue weighted by molar-refractivity contribution is 0.0697. The van der Waals surface area contributed by atoms with Gasteiger partial charge >= 0.3 is 5.97 Å². The molecule has 3 rings (SSSR count). The first-order chi connectivity index (χ1) is 11.7. The van der Waals surface area contributed by atoms with Crippen molar-refractivity contribution in [1.29, 1.82) is 0 Å². The zero-order valence-electron chi connectivity index (χ0n) is 13.6. The number of aromatic nitrogens is 2. The highest BCUT2D eigenvalue weighted by Crippen LogP contribution is 2.28. The van der Waals surface area contributed by atoms with Gasteiger partial charge in [0.1, 0.15) is 0 Å². The Labute approximate surface area is 145 Å². The van der Waals surface area contributed by atoms with Gasteiger partial charge in [-0.2, -0.15) is 16.7 Å². The molecule has 1 N–H and O–H groups in total. The van der Waals surface area contributed by atoms with E-state index in [-0.39, 0.29) is 0 Å². The number of nitrogens with zero attached hydrogens (tertiary/aromatic N) is 3. The van der Waals surface area contributed by atoms with Crippen molar-refractivity contribution in [1.82, 2.24) is 15.0 Å². The Morgan fingerprint density at radius 3 is 2.92 bits per heavy atom. The van der Waals surface area contributed by atoms with Crippen molar-refractivity contribution in [3.8, 4) is 0 Å². The molecule has 0 bridgehead atoms. The fraction of sp³-hybridized carbons (Fsp3) is 0.471. The van der Waals surface area contributed by atoms with Crippen LogP contribution in [0, 0.1) is 0 Å². The van der Waals surface area contributed by atoms with Crippen molar-refractivity contribution >= 4 is 17.7 Å². The Balaban J connectivity index is 1.62. The van der Waals surface area contributed by atoms with Crippen LogP contribution in [-0.2, 0) is 12.3 Å². The van der Waals surface area contributed by atoms with Gasteiger partial charge in [-0.15, -0.1) is 0 Å². The third-order valence-electron chi connectivity index (χ3n) is 4.28. The van der Waals surface area contributed by atoms with E-state index in [1.165, 1.54) is 5.56 Å². The first-order valence-electron chi connectivity index (χ1n) is 8.01. The molecule has 2 aromatic rings. The van der Waals surface area contributed by atoms with E-state index in [2.05, 4.69) is 15.0 Å². The molecule has 0 amide bonds. The Hall–Kier alpha value is -1.86. The second-order valence-electron chi connectivity index (χ2n) is 6.04. The van der Waals surface area contributed by atoms with Gasteiger partial charge in [-0.3, -0.25) is 4.90 Å². The number of carboxylic acid groups (broad SMARTS) is 1. The number of carboxylic acids is 1. The van der Waals surface area contributed by atoms with Gasteiger partial charge in [0.25, 0.3) is 0 Å². The predicted octanol–water partition coefficient (Wildman–Crippen LogP) is 3.01. The number of benzene rings is 1. The van der Waals surface area contributed by atoms with E-state index in [0.29, 0.717) is 23.9 Å². The van der Waals surface area contributed by atoms with Gasteiger partial charge in [-0.05, 0) is 49.3 Å². The highest BCUT2D eigenvalue weighted by atomic mass is 32.2. The molecule has 0 unspecified atom stereocenters. The summed E-state index contributed by atoms with van der Waals surface area (Å²) < 4.78 is 5.32. The van der Waals surface area contributed by atoms with Crippen molar-refractivity contribution in [2.24, 2.45) is 0 Å². The van der Waals surface area contributed by atoms with Crippen molar-refractivity contribution in [3.63, 3.8) is 0 Å². The van der Waals surface area contributed by atoms with Gasteiger partial charge < -0.3 is 9.63 Å². The maximum Gasteiger partial charge on any atom is 0.335 e. The minimum Gasteiger partial charge on any atom is -0.478 e. The van der Waals surface area contributed by atoms with Crippen LogP contribution in [0.4, 0.5) is 0 Å². The summed E-state index contributed by atoms with van der Waals surface area (Å²) in [5.74, 6) is 1.71. The molecule has 0 spiro atoms. The molecule has 0 radical (unpaired) electrons. The summed E-state index contributed by atoms with van der Waals surface area (Å²) in [5.41, 5.74) is 1.52. The molecule has 7 heteroatoms. The first-order valence-corrected chi connectivity index (χ1v) is 9.41. The summed E-state index contributed by atoms with van der Waals surface area (Å²) in [6, 6.07) is 7.23.